The predicted octanol–water partition coefficient (Wildman–Crippen LogP) is 13.7. The molecule has 0 aromatic carbocycles. The number of carbonyl (C=O) groups excluding carboxylic acids is 2. The molecule has 0 heterocycles. The van der Waals surface area contributed by atoms with E-state index < -0.39 is 6.10 Å². The number of unbranched alkanes of at least 4 members (excludes halogenated alkanes) is 30. The number of rotatable bonds is 40. The van der Waals surface area contributed by atoms with Gasteiger partial charge in [0.25, 0.3) is 0 Å². The first-order chi connectivity index (χ1) is 24.1. The SMILES string of the molecule is CCCCCCCC/C=C\CCCCCCCCCC(=O)OC(CO)COC(=O)CCCCCCCCCCCCCCCCCCCC. The molecule has 5 heteroatoms. The molecule has 0 saturated carbocycles. The van der Waals surface area contributed by atoms with Crippen molar-refractivity contribution >= 4 is 11.9 Å². The zero-order valence-corrected chi connectivity index (χ0v) is 33.0. The highest BCUT2D eigenvalue weighted by molar-refractivity contribution is 5.70. The summed E-state index contributed by atoms with van der Waals surface area (Å²) < 4.78 is 10.6. The highest BCUT2D eigenvalue weighted by Crippen LogP contribution is 2.15. The summed E-state index contributed by atoms with van der Waals surface area (Å²) in [5, 5.41) is 9.57. The summed E-state index contributed by atoms with van der Waals surface area (Å²) in [4.78, 5) is 24.3. The van der Waals surface area contributed by atoms with Crippen molar-refractivity contribution in [3.63, 3.8) is 0 Å². The van der Waals surface area contributed by atoms with Crippen LogP contribution in [-0.2, 0) is 19.1 Å². The minimum Gasteiger partial charge on any atom is -0.462 e. The smallest absolute Gasteiger partial charge is 0.306 e. The van der Waals surface area contributed by atoms with E-state index in [1.807, 2.05) is 0 Å². The number of hydrogen-bond donors (Lipinski definition) is 1. The molecule has 5 nitrogen and oxygen atoms in total. The maximum Gasteiger partial charge on any atom is 0.306 e. The Labute approximate surface area is 305 Å². The lowest BCUT2D eigenvalue weighted by Gasteiger charge is -2.15. The molecule has 0 spiro atoms. The van der Waals surface area contributed by atoms with Crippen LogP contribution in [0.3, 0.4) is 0 Å². The van der Waals surface area contributed by atoms with Crippen molar-refractivity contribution in [3.8, 4) is 0 Å². The third-order valence-corrected chi connectivity index (χ3v) is 9.81. The summed E-state index contributed by atoms with van der Waals surface area (Å²) in [6.45, 7) is 4.16. The lowest BCUT2D eigenvalue weighted by molar-refractivity contribution is -0.161. The van der Waals surface area contributed by atoms with Gasteiger partial charge in [-0.15, -0.1) is 0 Å². The Morgan fingerprint density at radius 1 is 0.449 bits per heavy atom. The summed E-state index contributed by atoms with van der Waals surface area (Å²) in [5.74, 6) is -0.582. The van der Waals surface area contributed by atoms with Crippen molar-refractivity contribution in [2.45, 2.75) is 245 Å². The van der Waals surface area contributed by atoms with Crippen LogP contribution in [0.1, 0.15) is 239 Å². The standard InChI is InChI=1S/C44H84O5/c1-3-5-7-9-11-13-15-17-19-21-23-24-26-28-30-32-34-36-38-43(46)48-41-42(40-45)49-44(47)39-37-35-33-31-29-27-25-22-20-18-16-14-12-10-8-6-4-2/h18,20,42,45H,3-17,19,21-41H2,1-2H3/b20-18-. The number of ether oxygens (including phenoxy) is 2. The summed E-state index contributed by atoms with van der Waals surface area (Å²) in [6, 6.07) is 0. The molecular weight excluding hydrogens is 608 g/mol. The third kappa shape index (κ3) is 39.3. The molecular formula is C44H84O5. The first-order valence-electron chi connectivity index (χ1n) is 21.7. The van der Waals surface area contributed by atoms with Gasteiger partial charge in [0.15, 0.2) is 6.10 Å². The van der Waals surface area contributed by atoms with Gasteiger partial charge >= 0.3 is 11.9 Å². The molecule has 1 N–H and O–H groups in total. The van der Waals surface area contributed by atoms with E-state index in [0.717, 1.165) is 32.1 Å². The largest absolute Gasteiger partial charge is 0.462 e. The summed E-state index contributed by atoms with van der Waals surface area (Å²) in [7, 11) is 0. The maximum atomic E-state index is 12.2. The quantitative estimate of drug-likeness (QED) is 0.0393. The number of esters is 2. The van der Waals surface area contributed by atoms with Gasteiger partial charge in [0.05, 0.1) is 6.61 Å². The van der Waals surface area contributed by atoms with Crippen molar-refractivity contribution in [1.82, 2.24) is 0 Å². The van der Waals surface area contributed by atoms with Crippen LogP contribution in [0.5, 0.6) is 0 Å². The Bertz CT molecular complexity index is 705. The van der Waals surface area contributed by atoms with E-state index in [4.69, 9.17) is 9.47 Å². The zero-order chi connectivity index (χ0) is 35.7. The molecule has 0 radical (unpaired) electrons. The molecule has 0 saturated heterocycles. The van der Waals surface area contributed by atoms with Crippen molar-refractivity contribution < 1.29 is 24.2 Å². The molecule has 1 unspecified atom stereocenters. The van der Waals surface area contributed by atoms with Gasteiger partial charge in [-0.05, 0) is 38.5 Å². The Kier molecular flexibility index (Phi) is 39.9. The topological polar surface area (TPSA) is 72.8 Å². The second kappa shape index (κ2) is 41.1. The van der Waals surface area contributed by atoms with E-state index >= 15 is 0 Å². The fourth-order valence-corrected chi connectivity index (χ4v) is 6.49. The van der Waals surface area contributed by atoms with E-state index in [1.54, 1.807) is 0 Å². The second-order valence-corrected chi connectivity index (χ2v) is 14.8. The minimum absolute atomic E-state index is 0.0612. The van der Waals surface area contributed by atoms with E-state index in [0.29, 0.717) is 12.8 Å². The van der Waals surface area contributed by atoms with Gasteiger partial charge in [-0.1, -0.05) is 199 Å². The summed E-state index contributed by atoms with van der Waals surface area (Å²) in [6.07, 6.45) is 47.1. The van der Waals surface area contributed by atoms with E-state index in [9.17, 15) is 14.7 Å². The fourth-order valence-electron chi connectivity index (χ4n) is 6.49. The van der Waals surface area contributed by atoms with Gasteiger partial charge in [0, 0.05) is 12.8 Å². The lowest BCUT2D eigenvalue weighted by Crippen LogP contribution is -2.28. The second-order valence-electron chi connectivity index (χ2n) is 14.8. The predicted molar refractivity (Wildman–Crippen MR) is 210 cm³/mol. The fraction of sp³-hybridized carbons (Fsp3) is 0.909. The van der Waals surface area contributed by atoms with Crippen LogP contribution in [0.25, 0.3) is 0 Å². The first-order valence-corrected chi connectivity index (χ1v) is 21.7. The van der Waals surface area contributed by atoms with Crippen LogP contribution < -0.4 is 0 Å². The Morgan fingerprint density at radius 3 is 1.10 bits per heavy atom. The summed E-state index contributed by atoms with van der Waals surface area (Å²) in [5.41, 5.74) is 0. The van der Waals surface area contributed by atoms with Gasteiger partial charge in [-0.3, -0.25) is 9.59 Å². The van der Waals surface area contributed by atoms with E-state index in [2.05, 4.69) is 26.0 Å². The molecule has 49 heavy (non-hydrogen) atoms. The number of aliphatic hydroxyl groups is 1. The minimum atomic E-state index is -0.767. The van der Waals surface area contributed by atoms with E-state index in [1.165, 1.54) is 180 Å². The van der Waals surface area contributed by atoms with Crippen molar-refractivity contribution in [3.05, 3.63) is 12.2 Å². The molecule has 0 fully saturated rings. The number of hydrogen-bond acceptors (Lipinski definition) is 5. The maximum absolute atomic E-state index is 12.2. The first kappa shape index (κ1) is 47.6. The lowest BCUT2D eigenvalue weighted by atomic mass is 10.0. The van der Waals surface area contributed by atoms with Crippen molar-refractivity contribution in [2.24, 2.45) is 0 Å². The van der Waals surface area contributed by atoms with Gasteiger partial charge in [0.2, 0.25) is 0 Å². The normalized spacial score (nSPS) is 12.1. The molecule has 0 amide bonds. The van der Waals surface area contributed by atoms with Crippen LogP contribution in [0.15, 0.2) is 12.2 Å². The Morgan fingerprint density at radius 2 is 0.755 bits per heavy atom. The van der Waals surface area contributed by atoms with Gasteiger partial charge < -0.3 is 14.6 Å². The number of carbonyl (C=O) groups is 2. The molecule has 0 rings (SSSR count). The zero-order valence-electron chi connectivity index (χ0n) is 33.0. The monoisotopic (exact) mass is 693 g/mol. The van der Waals surface area contributed by atoms with Crippen molar-refractivity contribution in [1.29, 1.82) is 0 Å². The van der Waals surface area contributed by atoms with E-state index in [-0.39, 0.29) is 25.2 Å². The van der Waals surface area contributed by atoms with Crippen LogP contribution in [0, 0.1) is 0 Å². The van der Waals surface area contributed by atoms with Crippen LogP contribution in [-0.4, -0.2) is 36.4 Å². The van der Waals surface area contributed by atoms with Gasteiger partial charge in [-0.2, -0.15) is 0 Å². The number of allylic oxidation sites excluding steroid dienone is 2. The molecule has 0 bridgehead atoms. The highest BCUT2D eigenvalue weighted by Gasteiger charge is 2.16. The molecule has 0 aromatic heterocycles. The average molecular weight is 693 g/mol. The third-order valence-electron chi connectivity index (χ3n) is 9.81. The highest BCUT2D eigenvalue weighted by atomic mass is 16.6. The molecule has 0 aromatic rings. The van der Waals surface area contributed by atoms with Crippen LogP contribution in [0.2, 0.25) is 0 Å². The Hall–Kier alpha value is -1.36. The molecule has 0 aliphatic rings. The number of aliphatic hydroxyl groups excluding tert-OH is 1. The Balaban J connectivity index is 3.49. The van der Waals surface area contributed by atoms with Crippen molar-refractivity contribution in [2.75, 3.05) is 13.2 Å². The molecule has 1 atom stereocenters. The molecule has 0 aliphatic carbocycles. The molecule has 0 aliphatic heterocycles. The van der Waals surface area contributed by atoms with Crippen LogP contribution >= 0.6 is 0 Å². The summed E-state index contributed by atoms with van der Waals surface area (Å²) >= 11 is 0. The van der Waals surface area contributed by atoms with Gasteiger partial charge in [-0.25, -0.2) is 0 Å². The molecule has 290 valence electrons. The van der Waals surface area contributed by atoms with Crippen LogP contribution in [0.4, 0.5) is 0 Å². The average Bonchev–Trinajstić information content (AvgIpc) is 3.10. The van der Waals surface area contributed by atoms with Gasteiger partial charge in [0.1, 0.15) is 6.61 Å².